The van der Waals surface area contributed by atoms with Crippen molar-refractivity contribution in [2.45, 2.75) is 32.8 Å². The lowest BCUT2D eigenvalue weighted by atomic mass is 10.2. The Morgan fingerprint density at radius 2 is 2.00 bits per heavy atom. The molecule has 0 unspecified atom stereocenters. The fourth-order valence-electron chi connectivity index (χ4n) is 0.784. The molecule has 0 aliphatic rings. The second kappa shape index (κ2) is 5.82. The van der Waals surface area contributed by atoms with Crippen LogP contribution in [0.15, 0.2) is 0 Å². The van der Waals surface area contributed by atoms with Gasteiger partial charge in [0.15, 0.2) is 0 Å². The summed E-state index contributed by atoms with van der Waals surface area (Å²) >= 11 is 0. The van der Waals surface area contributed by atoms with Crippen molar-refractivity contribution in [1.82, 2.24) is 5.06 Å². The molecular weight excluding hydrogens is 186 g/mol. The zero-order chi connectivity index (χ0) is 11.2. The third-order valence-corrected chi connectivity index (χ3v) is 1.34. The van der Waals surface area contributed by atoms with Crippen LogP contribution in [0.3, 0.4) is 0 Å². The van der Waals surface area contributed by atoms with E-state index in [1.165, 1.54) is 7.11 Å². The van der Waals surface area contributed by atoms with Gasteiger partial charge in [-0.2, -0.15) is 5.06 Å². The number of hydrogen-bond acceptors (Lipinski definition) is 4. The van der Waals surface area contributed by atoms with Crippen LogP contribution in [-0.2, 0) is 9.57 Å². The van der Waals surface area contributed by atoms with Gasteiger partial charge in [0.2, 0.25) is 0 Å². The van der Waals surface area contributed by atoms with Crippen LogP contribution < -0.4 is 0 Å². The van der Waals surface area contributed by atoms with Crippen molar-refractivity contribution >= 4 is 6.09 Å². The average Bonchev–Trinajstić information content (AvgIpc) is 2.02. The first-order chi connectivity index (χ1) is 6.40. The first-order valence-electron chi connectivity index (χ1n) is 4.56. The van der Waals surface area contributed by atoms with Gasteiger partial charge in [0, 0.05) is 6.61 Å². The fraction of sp³-hybridized carbons (Fsp3) is 0.889. The zero-order valence-corrected chi connectivity index (χ0v) is 9.24. The largest absolute Gasteiger partial charge is 0.442 e. The van der Waals surface area contributed by atoms with Crippen LogP contribution >= 0.6 is 0 Å². The van der Waals surface area contributed by atoms with Gasteiger partial charge in [-0.05, 0) is 27.2 Å². The maximum absolute atomic E-state index is 11.4. The fourth-order valence-corrected chi connectivity index (χ4v) is 0.784. The molecule has 5 nitrogen and oxygen atoms in total. The summed E-state index contributed by atoms with van der Waals surface area (Å²) in [5.74, 6) is 0. The summed E-state index contributed by atoms with van der Waals surface area (Å²) in [6.45, 7) is 5.69. The number of nitrogens with zero attached hydrogens (tertiary/aromatic N) is 1. The number of ether oxygens (including phenoxy) is 1. The summed E-state index contributed by atoms with van der Waals surface area (Å²) < 4.78 is 5.07. The zero-order valence-electron chi connectivity index (χ0n) is 9.24. The minimum Gasteiger partial charge on any atom is -0.442 e. The van der Waals surface area contributed by atoms with E-state index >= 15 is 0 Å². The topological polar surface area (TPSA) is 59.0 Å². The molecule has 0 spiro atoms. The van der Waals surface area contributed by atoms with Crippen LogP contribution in [0, 0.1) is 0 Å². The summed E-state index contributed by atoms with van der Waals surface area (Å²) in [5, 5.41) is 9.68. The highest BCUT2D eigenvalue weighted by Crippen LogP contribution is 2.09. The molecule has 0 aliphatic heterocycles. The van der Waals surface area contributed by atoms with Crippen molar-refractivity contribution < 1.29 is 19.5 Å². The molecule has 5 heteroatoms. The SMILES string of the molecule is CON(CCCO)C(=O)OC(C)(C)C. The lowest BCUT2D eigenvalue weighted by Crippen LogP contribution is -2.36. The molecule has 0 bridgehead atoms. The van der Waals surface area contributed by atoms with Crippen LogP contribution in [0.5, 0.6) is 0 Å². The summed E-state index contributed by atoms with van der Waals surface area (Å²) in [7, 11) is 1.39. The van der Waals surface area contributed by atoms with Gasteiger partial charge in [0.05, 0.1) is 13.7 Å². The Kier molecular flexibility index (Phi) is 5.49. The van der Waals surface area contributed by atoms with Crippen LogP contribution in [-0.4, -0.2) is 42.1 Å². The molecule has 0 radical (unpaired) electrons. The number of hydroxylamine groups is 2. The lowest BCUT2D eigenvalue weighted by molar-refractivity contribution is -0.125. The molecule has 0 fully saturated rings. The predicted molar refractivity (Wildman–Crippen MR) is 51.7 cm³/mol. The third kappa shape index (κ3) is 5.77. The maximum atomic E-state index is 11.4. The van der Waals surface area contributed by atoms with Crippen molar-refractivity contribution in [3.63, 3.8) is 0 Å². The smallest absolute Gasteiger partial charge is 0.434 e. The molecule has 14 heavy (non-hydrogen) atoms. The van der Waals surface area contributed by atoms with E-state index < -0.39 is 11.7 Å². The predicted octanol–water partition coefficient (Wildman–Crippen LogP) is 1.17. The molecule has 0 saturated heterocycles. The van der Waals surface area contributed by atoms with E-state index in [1.54, 1.807) is 20.8 Å². The molecule has 0 rings (SSSR count). The van der Waals surface area contributed by atoms with E-state index in [4.69, 9.17) is 14.7 Å². The standard InChI is InChI=1S/C9H19NO4/c1-9(2,3)14-8(12)10(13-4)6-5-7-11/h11H,5-7H2,1-4H3. The van der Waals surface area contributed by atoms with Gasteiger partial charge >= 0.3 is 6.09 Å². The first-order valence-corrected chi connectivity index (χ1v) is 4.56. The molecule has 0 atom stereocenters. The minimum absolute atomic E-state index is 0.0165. The van der Waals surface area contributed by atoms with Crippen molar-refractivity contribution in [1.29, 1.82) is 0 Å². The minimum atomic E-state index is -0.535. The molecule has 1 N–H and O–H groups in total. The van der Waals surface area contributed by atoms with Crippen LogP contribution in [0.4, 0.5) is 4.79 Å². The molecule has 0 aromatic heterocycles. The highest BCUT2D eigenvalue weighted by molar-refractivity contribution is 5.66. The van der Waals surface area contributed by atoms with Gasteiger partial charge in [-0.3, -0.25) is 4.84 Å². The normalized spacial score (nSPS) is 11.2. The average molecular weight is 205 g/mol. The van der Waals surface area contributed by atoms with Gasteiger partial charge in [0.25, 0.3) is 0 Å². The number of hydrogen-bond donors (Lipinski definition) is 1. The second-order valence-corrected chi connectivity index (χ2v) is 3.84. The highest BCUT2D eigenvalue weighted by atomic mass is 16.7. The number of carbonyl (C=O) groups is 1. The summed E-state index contributed by atoms with van der Waals surface area (Å²) in [6.07, 6.45) is -0.0685. The lowest BCUT2D eigenvalue weighted by Gasteiger charge is -2.25. The molecular formula is C9H19NO4. The van der Waals surface area contributed by atoms with Crippen LogP contribution in [0.2, 0.25) is 0 Å². The van der Waals surface area contributed by atoms with Crippen molar-refractivity contribution in [2.24, 2.45) is 0 Å². The van der Waals surface area contributed by atoms with Gasteiger partial charge in [-0.1, -0.05) is 0 Å². The van der Waals surface area contributed by atoms with E-state index in [0.29, 0.717) is 13.0 Å². The number of aliphatic hydroxyl groups is 1. The van der Waals surface area contributed by atoms with Crippen molar-refractivity contribution in [3.05, 3.63) is 0 Å². The van der Waals surface area contributed by atoms with Crippen molar-refractivity contribution in [2.75, 3.05) is 20.3 Å². The first kappa shape index (κ1) is 13.2. The van der Waals surface area contributed by atoms with E-state index in [9.17, 15) is 4.79 Å². The van der Waals surface area contributed by atoms with E-state index in [-0.39, 0.29) is 6.61 Å². The Bertz CT molecular complexity index is 176. The highest BCUT2D eigenvalue weighted by Gasteiger charge is 2.21. The Morgan fingerprint density at radius 1 is 1.43 bits per heavy atom. The molecule has 0 heterocycles. The Balaban J connectivity index is 4.04. The Labute approximate surface area is 84.6 Å². The van der Waals surface area contributed by atoms with E-state index in [0.717, 1.165) is 5.06 Å². The quantitative estimate of drug-likeness (QED) is 0.700. The van der Waals surface area contributed by atoms with E-state index in [2.05, 4.69) is 0 Å². The molecule has 0 aliphatic carbocycles. The second-order valence-electron chi connectivity index (χ2n) is 3.84. The van der Waals surface area contributed by atoms with Gasteiger partial charge in [0.1, 0.15) is 5.60 Å². The Morgan fingerprint density at radius 3 is 2.36 bits per heavy atom. The molecule has 1 amide bonds. The molecule has 0 saturated carbocycles. The van der Waals surface area contributed by atoms with Gasteiger partial charge < -0.3 is 9.84 Å². The summed E-state index contributed by atoms with van der Waals surface area (Å²) in [6, 6.07) is 0. The number of aliphatic hydroxyl groups excluding tert-OH is 1. The van der Waals surface area contributed by atoms with E-state index in [1.807, 2.05) is 0 Å². The van der Waals surface area contributed by atoms with Gasteiger partial charge in [-0.15, -0.1) is 0 Å². The molecule has 84 valence electrons. The third-order valence-electron chi connectivity index (χ3n) is 1.34. The Hall–Kier alpha value is -0.810. The molecule has 0 aromatic rings. The monoisotopic (exact) mass is 205 g/mol. The number of amides is 1. The summed E-state index contributed by atoms with van der Waals surface area (Å²) in [4.78, 5) is 16.2. The number of carbonyl (C=O) groups excluding carboxylic acids is 1. The molecule has 0 aromatic carbocycles. The number of rotatable bonds is 4. The van der Waals surface area contributed by atoms with Gasteiger partial charge in [-0.25, -0.2) is 4.79 Å². The van der Waals surface area contributed by atoms with Crippen LogP contribution in [0.1, 0.15) is 27.2 Å². The summed E-state index contributed by atoms with van der Waals surface area (Å²) in [5.41, 5.74) is -0.535. The van der Waals surface area contributed by atoms with Crippen LogP contribution in [0.25, 0.3) is 0 Å². The van der Waals surface area contributed by atoms with Crippen molar-refractivity contribution in [3.8, 4) is 0 Å². The maximum Gasteiger partial charge on any atom is 0.434 e.